The van der Waals surface area contributed by atoms with E-state index in [9.17, 15) is 5.11 Å². The second-order valence-corrected chi connectivity index (χ2v) is 6.93. The number of hydrogen-bond donors (Lipinski definition) is 1. The van der Waals surface area contributed by atoms with Gasteiger partial charge in [0.2, 0.25) is 0 Å². The number of benzene rings is 1. The fourth-order valence-electron chi connectivity index (χ4n) is 3.10. The Kier molecular flexibility index (Phi) is 2.36. The standard InChI is InChI=1S/C15H18OS/c1-14(2)7-8-15(16,10-14)12-5-3-4-11-6-9-17-13(11)12/h3-6,9,16H,7-8,10H2,1-2H3. The molecule has 1 atom stereocenters. The van der Waals surface area contributed by atoms with Crippen molar-refractivity contribution in [3.8, 4) is 0 Å². The molecule has 0 aliphatic heterocycles. The SMILES string of the molecule is CC1(C)CCC(O)(c2cccc3ccsc23)C1. The van der Waals surface area contributed by atoms with Crippen LogP contribution in [0.15, 0.2) is 29.6 Å². The number of fused-ring (bicyclic) bond motifs is 1. The average Bonchev–Trinajstić information content (AvgIpc) is 2.82. The fraction of sp³-hybridized carbons (Fsp3) is 0.467. The Morgan fingerprint density at radius 2 is 2.00 bits per heavy atom. The van der Waals surface area contributed by atoms with Gasteiger partial charge in [0.1, 0.15) is 0 Å². The number of hydrogen-bond acceptors (Lipinski definition) is 2. The van der Waals surface area contributed by atoms with E-state index >= 15 is 0 Å². The third-order valence-electron chi connectivity index (χ3n) is 3.97. The van der Waals surface area contributed by atoms with E-state index in [1.807, 2.05) is 0 Å². The van der Waals surface area contributed by atoms with Gasteiger partial charge < -0.3 is 5.11 Å². The summed E-state index contributed by atoms with van der Waals surface area (Å²) in [5, 5.41) is 14.3. The molecule has 1 aliphatic rings. The van der Waals surface area contributed by atoms with E-state index in [0.29, 0.717) is 0 Å². The van der Waals surface area contributed by atoms with Crippen molar-refractivity contribution in [2.45, 2.75) is 38.7 Å². The second kappa shape index (κ2) is 3.56. The highest BCUT2D eigenvalue weighted by Gasteiger charge is 2.43. The van der Waals surface area contributed by atoms with Crippen LogP contribution in [0.4, 0.5) is 0 Å². The number of aliphatic hydroxyl groups is 1. The molecule has 90 valence electrons. The van der Waals surface area contributed by atoms with Gasteiger partial charge in [-0.3, -0.25) is 0 Å². The summed E-state index contributed by atoms with van der Waals surface area (Å²) < 4.78 is 1.26. The van der Waals surface area contributed by atoms with E-state index in [0.717, 1.165) is 24.8 Å². The van der Waals surface area contributed by atoms with Gasteiger partial charge >= 0.3 is 0 Å². The zero-order valence-corrected chi connectivity index (χ0v) is 11.2. The lowest BCUT2D eigenvalue weighted by molar-refractivity contribution is 0.0355. The Balaban J connectivity index is 2.13. The lowest BCUT2D eigenvalue weighted by Crippen LogP contribution is -2.23. The Bertz CT molecular complexity index is 555. The highest BCUT2D eigenvalue weighted by atomic mass is 32.1. The quantitative estimate of drug-likeness (QED) is 0.795. The summed E-state index contributed by atoms with van der Waals surface area (Å²) in [6.07, 6.45) is 2.86. The smallest absolute Gasteiger partial charge is 0.0915 e. The maximum atomic E-state index is 10.9. The van der Waals surface area contributed by atoms with E-state index in [4.69, 9.17) is 0 Å². The Hall–Kier alpha value is -0.860. The zero-order chi connectivity index (χ0) is 12.1. The summed E-state index contributed by atoms with van der Waals surface area (Å²) in [6.45, 7) is 4.50. The Morgan fingerprint density at radius 1 is 1.18 bits per heavy atom. The maximum Gasteiger partial charge on any atom is 0.0915 e. The van der Waals surface area contributed by atoms with Gasteiger partial charge in [0, 0.05) is 10.3 Å². The average molecular weight is 246 g/mol. The molecule has 1 aliphatic carbocycles. The number of thiophene rings is 1. The van der Waals surface area contributed by atoms with E-state index in [1.54, 1.807) is 11.3 Å². The molecule has 0 saturated heterocycles. The molecule has 2 heteroatoms. The largest absolute Gasteiger partial charge is 0.385 e. The first-order chi connectivity index (χ1) is 8.00. The molecule has 0 amide bonds. The molecule has 3 rings (SSSR count). The van der Waals surface area contributed by atoms with Gasteiger partial charge in [-0.1, -0.05) is 32.0 Å². The third-order valence-corrected chi connectivity index (χ3v) is 4.93. The van der Waals surface area contributed by atoms with E-state index in [2.05, 4.69) is 43.5 Å². The van der Waals surface area contributed by atoms with Crippen LogP contribution in [0.25, 0.3) is 10.1 Å². The van der Waals surface area contributed by atoms with Crippen molar-refractivity contribution in [3.05, 3.63) is 35.2 Å². The third kappa shape index (κ3) is 1.80. The van der Waals surface area contributed by atoms with Gasteiger partial charge in [0.25, 0.3) is 0 Å². The summed E-state index contributed by atoms with van der Waals surface area (Å²) in [7, 11) is 0. The van der Waals surface area contributed by atoms with Crippen LogP contribution in [0.5, 0.6) is 0 Å². The highest BCUT2D eigenvalue weighted by molar-refractivity contribution is 7.17. The minimum absolute atomic E-state index is 0.258. The highest BCUT2D eigenvalue weighted by Crippen LogP contribution is 2.50. The molecule has 1 aromatic heterocycles. The van der Waals surface area contributed by atoms with Gasteiger partial charge in [-0.05, 0) is 41.5 Å². The van der Waals surface area contributed by atoms with Crippen molar-refractivity contribution in [2.24, 2.45) is 5.41 Å². The minimum atomic E-state index is -0.617. The van der Waals surface area contributed by atoms with Gasteiger partial charge in [0.05, 0.1) is 5.60 Å². The molecule has 0 bridgehead atoms. The van der Waals surface area contributed by atoms with Gasteiger partial charge in [-0.25, -0.2) is 0 Å². The van der Waals surface area contributed by atoms with Crippen molar-refractivity contribution < 1.29 is 5.11 Å². The summed E-state index contributed by atoms with van der Waals surface area (Å²) in [5.41, 5.74) is 0.776. The van der Waals surface area contributed by atoms with Crippen LogP contribution in [-0.2, 0) is 5.60 Å². The molecular formula is C15H18OS. The van der Waals surface area contributed by atoms with Crippen molar-refractivity contribution >= 4 is 21.4 Å². The minimum Gasteiger partial charge on any atom is -0.385 e. The molecule has 1 saturated carbocycles. The van der Waals surface area contributed by atoms with Crippen molar-refractivity contribution in [3.63, 3.8) is 0 Å². The van der Waals surface area contributed by atoms with E-state index < -0.39 is 5.60 Å². The summed E-state index contributed by atoms with van der Waals surface area (Å²) in [6, 6.07) is 8.42. The molecule has 1 fully saturated rings. The molecule has 0 spiro atoms. The Labute approximate surface area is 106 Å². The van der Waals surface area contributed by atoms with Crippen molar-refractivity contribution in [1.82, 2.24) is 0 Å². The van der Waals surface area contributed by atoms with Crippen LogP contribution in [0.3, 0.4) is 0 Å². The van der Waals surface area contributed by atoms with Crippen molar-refractivity contribution in [1.29, 1.82) is 0 Å². The van der Waals surface area contributed by atoms with Crippen LogP contribution in [0.2, 0.25) is 0 Å². The normalized spacial score (nSPS) is 27.7. The van der Waals surface area contributed by atoms with Crippen LogP contribution < -0.4 is 0 Å². The molecule has 1 unspecified atom stereocenters. The molecule has 2 aromatic rings. The fourth-order valence-corrected chi connectivity index (χ4v) is 4.11. The summed E-state index contributed by atoms with van der Waals surface area (Å²) in [5.74, 6) is 0. The first-order valence-electron chi connectivity index (χ1n) is 6.19. The van der Waals surface area contributed by atoms with Crippen LogP contribution >= 0.6 is 11.3 Å². The van der Waals surface area contributed by atoms with Crippen LogP contribution in [0.1, 0.15) is 38.7 Å². The molecular weight excluding hydrogens is 228 g/mol. The van der Waals surface area contributed by atoms with Gasteiger partial charge in [0.15, 0.2) is 0 Å². The summed E-state index contributed by atoms with van der Waals surface area (Å²) >= 11 is 1.74. The summed E-state index contributed by atoms with van der Waals surface area (Å²) in [4.78, 5) is 0. The van der Waals surface area contributed by atoms with Crippen molar-refractivity contribution in [2.75, 3.05) is 0 Å². The predicted octanol–water partition coefficient (Wildman–Crippen LogP) is 4.30. The van der Waals surface area contributed by atoms with E-state index in [1.165, 1.54) is 10.1 Å². The van der Waals surface area contributed by atoms with E-state index in [-0.39, 0.29) is 5.41 Å². The lowest BCUT2D eigenvalue weighted by Gasteiger charge is -2.26. The number of rotatable bonds is 1. The topological polar surface area (TPSA) is 20.2 Å². The molecule has 17 heavy (non-hydrogen) atoms. The molecule has 0 radical (unpaired) electrons. The Morgan fingerprint density at radius 3 is 2.71 bits per heavy atom. The maximum absolute atomic E-state index is 10.9. The molecule has 1 nitrogen and oxygen atoms in total. The molecule has 1 aromatic carbocycles. The monoisotopic (exact) mass is 246 g/mol. The zero-order valence-electron chi connectivity index (χ0n) is 10.4. The van der Waals surface area contributed by atoms with Gasteiger partial charge in [-0.15, -0.1) is 11.3 Å². The van der Waals surface area contributed by atoms with Gasteiger partial charge in [-0.2, -0.15) is 0 Å². The lowest BCUT2D eigenvalue weighted by atomic mass is 9.85. The molecule has 1 N–H and O–H groups in total. The van der Waals surface area contributed by atoms with Crippen LogP contribution in [-0.4, -0.2) is 5.11 Å². The van der Waals surface area contributed by atoms with Crippen LogP contribution in [0, 0.1) is 5.41 Å². The first kappa shape index (κ1) is 11.2. The second-order valence-electron chi connectivity index (χ2n) is 6.02. The predicted molar refractivity (Wildman–Crippen MR) is 73.4 cm³/mol. The first-order valence-corrected chi connectivity index (χ1v) is 7.07. The molecule has 1 heterocycles.